The zero-order valence-electron chi connectivity index (χ0n) is 17.0. The minimum Gasteiger partial charge on any atom is -0.484 e. The lowest BCUT2D eigenvalue weighted by molar-refractivity contribution is 0.142. The van der Waals surface area contributed by atoms with Gasteiger partial charge in [-0.15, -0.1) is 10.2 Å². The van der Waals surface area contributed by atoms with E-state index in [1.807, 2.05) is 0 Å². The number of pyridine rings is 1. The molecule has 3 aromatic heterocycles. The predicted octanol–water partition coefficient (Wildman–Crippen LogP) is 4.09. The number of benzene rings is 1. The fraction of sp³-hybridized carbons (Fsp3) is 0.333. The Kier molecular flexibility index (Phi) is 5.25. The molecule has 11 heteroatoms. The lowest BCUT2D eigenvalue weighted by Crippen LogP contribution is -2.16. The topological polar surface area (TPSA) is 86.5 Å². The van der Waals surface area contributed by atoms with Crippen LogP contribution in [0.15, 0.2) is 36.9 Å². The van der Waals surface area contributed by atoms with Crippen molar-refractivity contribution in [2.45, 2.75) is 31.9 Å². The van der Waals surface area contributed by atoms with E-state index in [2.05, 4.69) is 25.5 Å². The molecular formula is C21H19F3N6O2. The average Bonchev–Trinajstić information content (AvgIpc) is 3.46. The molecule has 0 bridgehead atoms. The van der Waals surface area contributed by atoms with Gasteiger partial charge in [-0.1, -0.05) is 18.2 Å². The molecule has 0 radical (unpaired) electrons. The van der Waals surface area contributed by atoms with E-state index in [9.17, 15) is 13.2 Å². The maximum Gasteiger partial charge on any atom is 0.266 e. The number of ether oxygens (including phenoxy) is 2. The van der Waals surface area contributed by atoms with Gasteiger partial charge < -0.3 is 14.8 Å². The SMILES string of the molecule is C[C@@H](Nc1ncnc2c1cc(O[C@H]1CCOC1)c1nncn12)c1cccc(C(F)F)c1F. The van der Waals surface area contributed by atoms with Gasteiger partial charge in [0.2, 0.25) is 5.65 Å². The number of nitrogens with zero attached hydrogens (tertiary/aromatic N) is 5. The first-order valence-electron chi connectivity index (χ1n) is 10.1. The summed E-state index contributed by atoms with van der Waals surface area (Å²) in [5.74, 6) is -0.0540. The summed E-state index contributed by atoms with van der Waals surface area (Å²) in [4.78, 5) is 8.62. The highest BCUT2D eigenvalue weighted by molar-refractivity contribution is 5.90. The number of alkyl halides is 2. The first-order valence-corrected chi connectivity index (χ1v) is 10.1. The summed E-state index contributed by atoms with van der Waals surface area (Å²) in [7, 11) is 0. The Labute approximate surface area is 180 Å². The van der Waals surface area contributed by atoms with Gasteiger partial charge in [0, 0.05) is 12.0 Å². The van der Waals surface area contributed by atoms with Gasteiger partial charge in [-0.05, 0) is 13.0 Å². The molecule has 0 unspecified atom stereocenters. The molecule has 1 fully saturated rings. The van der Waals surface area contributed by atoms with Gasteiger partial charge in [0.15, 0.2) is 11.4 Å². The van der Waals surface area contributed by atoms with Crippen molar-refractivity contribution >= 4 is 22.5 Å². The molecule has 1 aliphatic rings. The van der Waals surface area contributed by atoms with Gasteiger partial charge in [0.05, 0.1) is 30.2 Å². The van der Waals surface area contributed by atoms with Crippen molar-refractivity contribution in [2.75, 3.05) is 18.5 Å². The minimum absolute atomic E-state index is 0.111. The second kappa shape index (κ2) is 8.23. The molecule has 166 valence electrons. The van der Waals surface area contributed by atoms with Crippen LogP contribution in [-0.4, -0.2) is 43.9 Å². The van der Waals surface area contributed by atoms with Crippen LogP contribution in [0.4, 0.5) is 19.0 Å². The number of hydrogen-bond donors (Lipinski definition) is 1. The molecule has 32 heavy (non-hydrogen) atoms. The smallest absolute Gasteiger partial charge is 0.266 e. The van der Waals surface area contributed by atoms with E-state index >= 15 is 0 Å². The van der Waals surface area contributed by atoms with E-state index in [4.69, 9.17) is 9.47 Å². The fourth-order valence-electron chi connectivity index (χ4n) is 3.81. The van der Waals surface area contributed by atoms with Gasteiger partial charge in [-0.25, -0.2) is 23.1 Å². The first-order chi connectivity index (χ1) is 15.5. The molecule has 5 rings (SSSR count). The molecule has 1 aromatic carbocycles. The van der Waals surface area contributed by atoms with Gasteiger partial charge >= 0.3 is 0 Å². The molecule has 4 heterocycles. The van der Waals surface area contributed by atoms with Crippen molar-refractivity contribution in [3.8, 4) is 5.75 Å². The number of halogens is 3. The number of aromatic nitrogens is 5. The molecule has 8 nitrogen and oxygen atoms in total. The second-order valence-electron chi connectivity index (χ2n) is 7.51. The number of nitrogens with one attached hydrogen (secondary N) is 1. The van der Waals surface area contributed by atoms with Crippen LogP contribution >= 0.6 is 0 Å². The van der Waals surface area contributed by atoms with E-state index in [1.54, 1.807) is 17.4 Å². The molecule has 0 amide bonds. The maximum absolute atomic E-state index is 14.6. The number of rotatable bonds is 6. The molecule has 2 atom stereocenters. The number of hydrogen-bond acceptors (Lipinski definition) is 7. The van der Waals surface area contributed by atoms with E-state index < -0.39 is 23.8 Å². The quantitative estimate of drug-likeness (QED) is 0.479. The highest BCUT2D eigenvalue weighted by atomic mass is 19.3. The van der Waals surface area contributed by atoms with Gasteiger partial charge in [-0.2, -0.15) is 0 Å². The highest BCUT2D eigenvalue weighted by Gasteiger charge is 2.23. The van der Waals surface area contributed by atoms with Crippen LogP contribution < -0.4 is 10.1 Å². The average molecular weight is 444 g/mol. The third-order valence-electron chi connectivity index (χ3n) is 5.43. The van der Waals surface area contributed by atoms with Crippen LogP contribution in [0.2, 0.25) is 0 Å². The van der Waals surface area contributed by atoms with E-state index in [0.717, 1.165) is 12.5 Å². The van der Waals surface area contributed by atoms with Crippen LogP contribution in [0.3, 0.4) is 0 Å². The Morgan fingerprint density at radius 3 is 2.84 bits per heavy atom. The van der Waals surface area contributed by atoms with Crippen molar-refractivity contribution < 1.29 is 22.6 Å². The van der Waals surface area contributed by atoms with Crippen LogP contribution in [0, 0.1) is 5.82 Å². The lowest BCUT2D eigenvalue weighted by atomic mass is 10.0. The second-order valence-corrected chi connectivity index (χ2v) is 7.51. The molecule has 0 aliphatic carbocycles. The Hall–Kier alpha value is -3.47. The Morgan fingerprint density at radius 1 is 1.22 bits per heavy atom. The molecule has 1 N–H and O–H groups in total. The number of fused-ring (bicyclic) bond motifs is 3. The van der Waals surface area contributed by atoms with E-state index in [0.29, 0.717) is 41.5 Å². The monoisotopic (exact) mass is 444 g/mol. The highest BCUT2D eigenvalue weighted by Crippen LogP contribution is 2.33. The zero-order chi connectivity index (χ0) is 22.2. The van der Waals surface area contributed by atoms with Gasteiger partial charge in [0.1, 0.15) is 30.4 Å². The summed E-state index contributed by atoms with van der Waals surface area (Å²) < 4.78 is 54.0. The van der Waals surface area contributed by atoms with Crippen LogP contribution in [0.5, 0.6) is 5.75 Å². The Morgan fingerprint density at radius 2 is 2.06 bits per heavy atom. The molecule has 4 aromatic rings. The van der Waals surface area contributed by atoms with Crippen LogP contribution in [-0.2, 0) is 4.74 Å². The first kappa shape index (κ1) is 20.4. The zero-order valence-corrected chi connectivity index (χ0v) is 17.0. The van der Waals surface area contributed by atoms with Gasteiger partial charge in [0.25, 0.3) is 6.43 Å². The number of anilines is 1. The van der Waals surface area contributed by atoms with Crippen molar-refractivity contribution in [1.29, 1.82) is 0 Å². The van der Waals surface area contributed by atoms with Gasteiger partial charge in [-0.3, -0.25) is 4.40 Å². The summed E-state index contributed by atoms with van der Waals surface area (Å²) >= 11 is 0. The van der Waals surface area contributed by atoms with Crippen molar-refractivity contribution in [2.24, 2.45) is 0 Å². The van der Waals surface area contributed by atoms with E-state index in [1.165, 1.54) is 24.8 Å². The normalized spacial score (nSPS) is 17.3. The molecule has 0 spiro atoms. The van der Waals surface area contributed by atoms with Crippen molar-refractivity contribution in [3.63, 3.8) is 0 Å². The Bertz CT molecular complexity index is 1280. The molecule has 0 saturated carbocycles. The van der Waals surface area contributed by atoms with Crippen LogP contribution in [0.1, 0.15) is 36.9 Å². The summed E-state index contributed by atoms with van der Waals surface area (Å²) in [6, 6.07) is 5.06. The third kappa shape index (κ3) is 3.58. The maximum atomic E-state index is 14.6. The van der Waals surface area contributed by atoms with E-state index in [-0.39, 0.29) is 11.7 Å². The lowest BCUT2D eigenvalue weighted by Gasteiger charge is -2.19. The van der Waals surface area contributed by atoms with Crippen molar-refractivity contribution in [3.05, 3.63) is 53.9 Å². The van der Waals surface area contributed by atoms with Crippen LogP contribution in [0.25, 0.3) is 16.7 Å². The summed E-state index contributed by atoms with van der Waals surface area (Å²) in [5, 5.41) is 11.8. The Balaban J connectivity index is 1.55. The minimum atomic E-state index is -2.90. The third-order valence-corrected chi connectivity index (χ3v) is 5.43. The standard InChI is InChI=1S/C21H19F3N6O2/c1-11(13-3-2-4-14(17(13)22)18(23)24)28-19-15-7-16(32-12-5-6-31-8-12)21-29-27-10-30(21)20(15)26-9-25-19/h2-4,7,9-12,18H,5-6,8H2,1H3,(H,25,26,28)/t11-,12+/m1/s1. The summed E-state index contributed by atoms with van der Waals surface area (Å²) in [6.07, 6.45) is 0.615. The summed E-state index contributed by atoms with van der Waals surface area (Å²) in [5.41, 5.74) is 0.494. The predicted molar refractivity (Wildman–Crippen MR) is 109 cm³/mol. The summed E-state index contributed by atoms with van der Waals surface area (Å²) in [6.45, 7) is 2.77. The molecule has 1 saturated heterocycles. The fourth-order valence-corrected chi connectivity index (χ4v) is 3.81. The molecular weight excluding hydrogens is 425 g/mol. The molecule has 1 aliphatic heterocycles. The van der Waals surface area contributed by atoms with Crippen molar-refractivity contribution in [1.82, 2.24) is 24.6 Å². The largest absolute Gasteiger partial charge is 0.484 e.